The number of rotatable bonds is 1. The molecule has 1 aliphatic heterocycles. The highest BCUT2D eigenvalue weighted by atomic mass is 19.2. The number of alkyl halides is 2. The number of hydrogen-bond donors (Lipinski definition) is 1. The van der Waals surface area contributed by atoms with E-state index in [-0.39, 0.29) is 0 Å². The van der Waals surface area contributed by atoms with E-state index < -0.39 is 18.6 Å². The Morgan fingerprint density at radius 2 is 2.40 bits per heavy atom. The van der Waals surface area contributed by atoms with Crippen molar-refractivity contribution in [1.82, 2.24) is 5.32 Å². The second kappa shape index (κ2) is 2.32. The fourth-order valence-corrected chi connectivity index (χ4v) is 0.545. The molecule has 1 aliphatic rings. The van der Waals surface area contributed by atoms with Crippen LogP contribution in [-0.4, -0.2) is 18.6 Å². The zero-order valence-corrected chi connectivity index (χ0v) is 4.94. The first kappa shape index (κ1) is 7.11. The first-order valence-corrected chi connectivity index (χ1v) is 2.61. The Balaban J connectivity index is 2.76. The topological polar surface area (TPSA) is 24.4 Å². The molecule has 0 aromatic heterocycles. The summed E-state index contributed by atoms with van der Waals surface area (Å²) in [5.74, 6) is -3.61. The van der Waals surface area contributed by atoms with Crippen molar-refractivity contribution in [3.8, 4) is 0 Å². The Morgan fingerprint density at radius 1 is 1.70 bits per heavy atom. The molecule has 10 heavy (non-hydrogen) atoms. The molecule has 0 aliphatic carbocycles. The van der Waals surface area contributed by atoms with E-state index in [0.29, 0.717) is 0 Å². The number of nitrogens with zero attached hydrogens (tertiary/aromatic N) is 1. The molecule has 0 saturated heterocycles. The van der Waals surface area contributed by atoms with Crippen LogP contribution in [0.4, 0.5) is 13.2 Å². The van der Waals surface area contributed by atoms with E-state index in [1.807, 2.05) is 5.32 Å². The summed E-state index contributed by atoms with van der Waals surface area (Å²) in [5, 5.41) is 1.93. The van der Waals surface area contributed by atoms with Crippen LogP contribution in [0.2, 0.25) is 0 Å². The highest BCUT2D eigenvalue weighted by Gasteiger charge is 2.29. The quantitative estimate of drug-likeness (QED) is 0.555. The van der Waals surface area contributed by atoms with E-state index in [4.69, 9.17) is 0 Å². The van der Waals surface area contributed by atoms with Crippen molar-refractivity contribution >= 4 is 5.97 Å². The largest absolute Gasteiger partial charge is 0.339 e. The lowest BCUT2D eigenvalue weighted by Gasteiger charge is -2.19. The van der Waals surface area contributed by atoms with Crippen molar-refractivity contribution in [2.24, 2.45) is 4.99 Å². The predicted octanol–water partition coefficient (Wildman–Crippen LogP) is 1.06. The molecular formula is C5H5F3N2. The molecule has 1 heterocycles. The molecule has 5 heteroatoms. The van der Waals surface area contributed by atoms with Crippen LogP contribution in [-0.2, 0) is 0 Å². The molecule has 0 bridgehead atoms. The minimum Gasteiger partial charge on any atom is -0.339 e. The Kier molecular flexibility index (Phi) is 1.65. The summed E-state index contributed by atoms with van der Waals surface area (Å²) in [6, 6.07) is 0. The standard InChI is InChI=1S/C5H5F3N2/c6-3-5(8)9-2-1-4(7)10-5/h1-2,9H,3H2. The van der Waals surface area contributed by atoms with Crippen LogP contribution in [0.25, 0.3) is 0 Å². The van der Waals surface area contributed by atoms with Gasteiger partial charge in [-0.2, -0.15) is 13.8 Å². The smallest absolute Gasteiger partial charge is 0.305 e. The van der Waals surface area contributed by atoms with Gasteiger partial charge < -0.3 is 5.32 Å². The monoisotopic (exact) mass is 150 g/mol. The molecule has 56 valence electrons. The van der Waals surface area contributed by atoms with E-state index in [1.54, 1.807) is 0 Å². The molecule has 0 radical (unpaired) electrons. The summed E-state index contributed by atoms with van der Waals surface area (Å²) in [4.78, 5) is 2.74. The summed E-state index contributed by atoms with van der Waals surface area (Å²) in [7, 11) is 0. The maximum Gasteiger partial charge on any atom is 0.305 e. The van der Waals surface area contributed by atoms with Crippen LogP contribution in [0.3, 0.4) is 0 Å². The molecule has 1 unspecified atom stereocenters. The lowest BCUT2D eigenvalue weighted by molar-refractivity contribution is 0.103. The normalized spacial score (nSPS) is 31.3. The number of hydrogen-bond acceptors (Lipinski definition) is 2. The Labute approximate surface area is 55.4 Å². The van der Waals surface area contributed by atoms with Crippen molar-refractivity contribution in [3.05, 3.63) is 12.3 Å². The van der Waals surface area contributed by atoms with Crippen molar-refractivity contribution in [2.45, 2.75) is 5.92 Å². The van der Waals surface area contributed by atoms with E-state index in [9.17, 15) is 13.2 Å². The maximum absolute atomic E-state index is 12.6. The Hall–Kier alpha value is -1.00. The van der Waals surface area contributed by atoms with Crippen LogP contribution < -0.4 is 5.32 Å². The first-order chi connectivity index (χ1) is 4.66. The average Bonchev–Trinajstić information content (AvgIpc) is 1.88. The second-order valence-corrected chi connectivity index (χ2v) is 1.81. The van der Waals surface area contributed by atoms with Gasteiger partial charge in [0.1, 0.15) is 0 Å². The van der Waals surface area contributed by atoms with Gasteiger partial charge in [-0.1, -0.05) is 0 Å². The molecule has 1 atom stereocenters. The molecule has 0 spiro atoms. The summed E-state index contributed by atoms with van der Waals surface area (Å²) in [6.07, 6.45) is 1.88. The summed E-state index contributed by atoms with van der Waals surface area (Å²) >= 11 is 0. The molecule has 0 aromatic rings. The zero-order valence-electron chi connectivity index (χ0n) is 4.94. The zero-order chi connectivity index (χ0) is 7.61. The van der Waals surface area contributed by atoms with Crippen molar-refractivity contribution in [3.63, 3.8) is 0 Å². The van der Waals surface area contributed by atoms with Crippen molar-refractivity contribution in [2.75, 3.05) is 6.67 Å². The van der Waals surface area contributed by atoms with Crippen molar-refractivity contribution < 1.29 is 13.2 Å². The molecule has 0 saturated carbocycles. The lowest BCUT2D eigenvalue weighted by Crippen LogP contribution is -2.40. The van der Waals surface area contributed by atoms with Gasteiger partial charge in [-0.05, 0) is 0 Å². The number of allylic oxidation sites excluding steroid dienone is 1. The Morgan fingerprint density at radius 3 is 2.80 bits per heavy atom. The summed E-state index contributed by atoms with van der Waals surface area (Å²) in [5.41, 5.74) is 0. The summed E-state index contributed by atoms with van der Waals surface area (Å²) in [6.45, 7) is -1.38. The molecule has 0 fully saturated rings. The maximum atomic E-state index is 12.6. The van der Waals surface area contributed by atoms with Gasteiger partial charge in [-0.15, -0.1) is 0 Å². The van der Waals surface area contributed by atoms with Gasteiger partial charge in [0.25, 0.3) is 0 Å². The Bertz CT molecular complexity index is 189. The molecule has 0 amide bonds. The molecule has 2 nitrogen and oxygen atoms in total. The highest BCUT2D eigenvalue weighted by molar-refractivity contribution is 5.87. The molecule has 0 aromatic carbocycles. The number of aliphatic imine (C=N–C) groups is 1. The van der Waals surface area contributed by atoms with Gasteiger partial charge in [0.15, 0.2) is 6.67 Å². The highest BCUT2D eigenvalue weighted by Crippen LogP contribution is 2.13. The molecular weight excluding hydrogens is 145 g/mol. The van der Waals surface area contributed by atoms with Gasteiger partial charge >= 0.3 is 5.92 Å². The third-order valence-electron chi connectivity index (χ3n) is 0.986. The second-order valence-electron chi connectivity index (χ2n) is 1.81. The third kappa shape index (κ3) is 1.29. The van der Waals surface area contributed by atoms with Crippen LogP contribution in [0.5, 0.6) is 0 Å². The number of halogens is 3. The lowest BCUT2D eigenvalue weighted by atomic mass is 10.4. The minimum atomic E-state index is -2.60. The van der Waals surface area contributed by atoms with Gasteiger partial charge in [0.2, 0.25) is 5.97 Å². The van der Waals surface area contributed by atoms with E-state index in [2.05, 4.69) is 4.99 Å². The minimum absolute atomic E-state index is 0.910. The fraction of sp³-hybridized carbons (Fsp3) is 0.400. The van der Waals surface area contributed by atoms with Crippen LogP contribution >= 0.6 is 0 Å². The van der Waals surface area contributed by atoms with E-state index >= 15 is 0 Å². The van der Waals surface area contributed by atoms with Crippen LogP contribution in [0.1, 0.15) is 0 Å². The van der Waals surface area contributed by atoms with Gasteiger partial charge in [0, 0.05) is 12.3 Å². The van der Waals surface area contributed by atoms with E-state index in [1.165, 1.54) is 0 Å². The van der Waals surface area contributed by atoms with Gasteiger partial charge in [-0.3, -0.25) is 0 Å². The average molecular weight is 150 g/mol. The van der Waals surface area contributed by atoms with Gasteiger partial charge in [0.05, 0.1) is 0 Å². The first-order valence-electron chi connectivity index (χ1n) is 2.61. The van der Waals surface area contributed by atoms with E-state index in [0.717, 1.165) is 12.3 Å². The van der Waals surface area contributed by atoms with Crippen LogP contribution in [0.15, 0.2) is 17.3 Å². The summed E-state index contributed by atoms with van der Waals surface area (Å²) < 4.78 is 36.4. The third-order valence-corrected chi connectivity index (χ3v) is 0.986. The predicted molar refractivity (Wildman–Crippen MR) is 30.6 cm³/mol. The van der Waals surface area contributed by atoms with Gasteiger partial charge in [-0.25, -0.2) is 4.39 Å². The molecule has 1 N–H and O–H groups in total. The SMILES string of the molecule is FCC1(F)N=C(F)C=CN1. The van der Waals surface area contributed by atoms with Crippen molar-refractivity contribution in [1.29, 1.82) is 0 Å². The fourth-order valence-electron chi connectivity index (χ4n) is 0.545. The molecule has 1 rings (SSSR count). The van der Waals surface area contributed by atoms with Crippen LogP contribution in [0, 0.1) is 0 Å². The number of nitrogens with one attached hydrogen (secondary N) is 1.